The molecular formula is C50H59ClFN7O8. The van der Waals surface area contributed by atoms with E-state index in [1.165, 1.54) is 26.4 Å². The molecule has 67 heavy (non-hydrogen) atoms. The molecule has 17 heteroatoms. The van der Waals surface area contributed by atoms with Crippen molar-refractivity contribution in [3.8, 4) is 16.9 Å². The maximum Gasteiger partial charge on any atom is 0.421 e. The molecule has 15 nitrogen and oxygen atoms in total. The Bertz CT molecular complexity index is 2710. The molecule has 2 atom stereocenters. The van der Waals surface area contributed by atoms with Gasteiger partial charge in [0.15, 0.2) is 5.82 Å². The monoisotopic (exact) mass is 939 g/mol. The van der Waals surface area contributed by atoms with Gasteiger partial charge in [-0.25, -0.2) is 38.0 Å². The number of nitrogens with zero attached hydrogens (tertiary/aromatic N) is 5. The number of amides is 2. The number of ether oxygens (including phenoxy) is 4. The number of alkyl carbamates (subject to hydrolysis) is 1. The average Bonchev–Trinajstić information content (AvgIpc) is 3.92. The van der Waals surface area contributed by atoms with Crippen LogP contribution in [0.3, 0.4) is 0 Å². The zero-order chi connectivity index (χ0) is 48.5. The second-order valence-electron chi connectivity index (χ2n) is 18.4. The molecule has 3 heterocycles. The molecule has 0 aliphatic rings. The van der Waals surface area contributed by atoms with Gasteiger partial charge in [-0.1, -0.05) is 67.4 Å². The fraction of sp³-hybridized carbons (Fsp3) is 0.400. The van der Waals surface area contributed by atoms with Crippen LogP contribution in [-0.4, -0.2) is 72.3 Å². The van der Waals surface area contributed by atoms with E-state index < -0.39 is 47.1 Å². The number of anilines is 1. The van der Waals surface area contributed by atoms with Crippen molar-refractivity contribution in [3.05, 3.63) is 129 Å². The number of halogens is 2. The lowest BCUT2D eigenvalue weighted by atomic mass is 10.0. The Morgan fingerprint density at radius 2 is 1.61 bits per heavy atom. The van der Waals surface area contributed by atoms with E-state index >= 15 is 4.39 Å². The van der Waals surface area contributed by atoms with Gasteiger partial charge in [0.05, 0.1) is 35.7 Å². The maximum absolute atomic E-state index is 15.6. The number of H-pyrrole nitrogens is 1. The number of aromatic amines is 1. The van der Waals surface area contributed by atoms with E-state index in [-0.39, 0.29) is 48.0 Å². The van der Waals surface area contributed by atoms with Gasteiger partial charge in [-0.15, -0.1) is 0 Å². The quantitative estimate of drug-likeness (QED) is 0.0838. The first-order chi connectivity index (χ1) is 31.8. The molecule has 356 valence electrons. The van der Waals surface area contributed by atoms with E-state index in [9.17, 15) is 19.2 Å². The lowest BCUT2D eigenvalue weighted by molar-refractivity contribution is 0.0304. The van der Waals surface area contributed by atoms with Gasteiger partial charge in [-0.05, 0) is 121 Å². The third-order valence-corrected chi connectivity index (χ3v) is 10.6. The standard InChI is InChI=1S/C50H59ClFN7O8/c1-9-14-38(29-59(48(63)67-50(6,7)8)44-53-23-24-57(44)47(62)66-49(3,4)5)64-30-34-19-21-37(22-20-34)58-28-36-27-41(55-43(36)56-45(58)60)39-25-35(26-40(51)42(39)52)18-13-15-32(2)54-46(61)65-31-33-16-11-10-12-17-33/h10-12,16-17,19-28,32,38H,9,13-15,18,29-31H2,1-8H3,(H,54,61)(H,55,56,60)/t32-,38+/m0/s1. The fourth-order valence-corrected chi connectivity index (χ4v) is 7.43. The van der Waals surface area contributed by atoms with Crippen molar-refractivity contribution in [1.82, 2.24) is 29.4 Å². The first-order valence-electron chi connectivity index (χ1n) is 22.3. The highest BCUT2D eigenvalue weighted by atomic mass is 35.5. The highest BCUT2D eigenvalue weighted by Crippen LogP contribution is 2.32. The van der Waals surface area contributed by atoms with Crippen molar-refractivity contribution in [2.24, 2.45) is 0 Å². The van der Waals surface area contributed by atoms with Crippen molar-refractivity contribution in [1.29, 1.82) is 0 Å². The molecule has 0 bridgehead atoms. The van der Waals surface area contributed by atoms with Crippen LogP contribution in [0.15, 0.2) is 96.2 Å². The molecule has 3 aromatic heterocycles. The molecule has 3 aromatic carbocycles. The van der Waals surface area contributed by atoms with Gasteiger partial charge in [0.1, 0.15) is 23.5 Å². The Balaban J connectivity index is 1.11. The van der Waals surface area contributed by atoms with Crippen molar-refractivity contribution >= 4 is 46.9 Å². The molecule has 0 unspecified atom stereocenters. The molecule has 0 saturated carbocycles. The maximum atomic E-state index is 15.6. The zero-order valence-electron chi connectivity index (χ0n) is 39.2. The topological polar surface area (TPSA) is 172 Å². The summed E-state index contributed by atoms with van der Waals surface area (Å²) in [6.45, 7) is 14.8. The highest BCUT2D eigenvalue weighted by molar-refractivity contribution is 6.31. The minimum absolute atomic E-state index is 0.0351. The van der Waals surface area contributed by atoms with E-state index in [4.69, 9.17) is 30.5 Å². The summed E-state index contributed by atoms with van der Waals surface area (Å²) in [7, 11) is 0. The molecule has 6 aromatic rings. The molecule has 0 spiro atoms. The number of benzene rings is 3. The number of aromatic nitrogens is 5. The summed E-state index contributed by atoms with van der Waals surface area (Å²) in [6.07, 6.45) is 5.37. The normalized spacial score (nSPS) is 12.7. The third-order valence-electron chi connectivity index (χ3n) is 10.3. The minimum Gasteiger partial charge on any atom is -0.445 e. The number of imidazole rings is 1. The molecule has 2 N–H and O–H groups in total. The summed E-state index contributed by atoms with van der Waals surface area (Å²) in [4.78, 5) is 65.4. The SMILES string of the molecule is CCC[C@H](CN(C(=O)OC(C)(C)C)c1nccn1C(=O)OC(C)(C)C)OCc1ccc(-n2cc3cc(-c4cc(CCC[C@H](C)NC(=O)OCc5ccccc5)cc(Cl)c4F)[nH]c3nc2=O)cc1. The molecule has 0 fully saturated rings. The summed E-state index contributed by atoms with van der Waals surface area (Å²) < 4.78 is 41.1. The van der Waals surface area contributed by atoms with Crippen molar-refractivity contribution in [3.63, 3.8) is 0 Å². The number of carbonyl (C=O) groups is 3. The Kier molecular flexibility index (Phi) is 16.3. The Hall–Kier alpha value is -6.52. The van der Waals surface area contributed by atoms with Crippen LogP contribution in [-0.2, 0) is 38.6 Å². The molecule has 0 aliphatic heterocycles. The molecule has 0 saturated heterocycles. The number of hydrogen-bond donors (Lipinski definition) is 2. The molecule has 0 radical (unpaired) electrons. The number of aryl methyl sites for hydroxylation is 1. The van der Waals surface area contributed by atoms with Gasteiger partial charge < -0.3 is 29.2 Å². The number of carbonyl (C=O) groups excluding carboxylic acids is 3. The van der Waals surface area contributed by atoms with Crippen LogP contribution in [0.1, 0.15) is 97.8 Å². The van der Waals surface area contributed by atoms with Crippen LogP contribution in [0.2, 0.25) is 5.02 Å². The van der Waals surface area contributed by atoms with Gasteiger partial charge in [-0.3, -0.25) is 4.57 Å². The number of nitrogens with one attached hydrogen (secondary N) is 2. The summed E-state index contributed by atoms with van der Waals surface area (Å²) in [5.41, 5.74) is 1.84. The number of hydrogen-bond acceptors (Lipinski definition) is 10. The van der Waals surface area contributed by atoms with Crippen molar-refractivity contribution < 1.29 is 37.7 Å². The molecular weight excluding hydrogens is 881 g/mol. The summed E-state index contributed by atoms with van der Waals surface area (Å²) >= 11 is 6.39. The van der Waals surface area contributed by atoms with E-state index in [2.05, 4.69) is 20.3 Å². The third kappa shape index (κ3) is 14.0. The zero-order valence-corrected chi connectivity index (χ0v) is 40.0. The van der Waals surface area contributed by atoms with Gasteiger partial charge in [0.2, 0.25) is 5.95 Å². The fourth-order valence-electron chi connectivity index (χ4n) is 7.18. The average molecular weight is 941 g/mol. The number of rotatable bonds is 17. The lowest BCUT2D eigenvalue weighted by Gasteiger charge is -2.30. The minimum atomic E-state index is -0.825. The number of fused-ring (bicyclic) bond motifs is 1. The van der Waals surface area contributed by atoms with Crippen LogP contribution in [0.25, 0.3) is 28.0 Å². The van der Waals surface area contributed by atoms with Crippen LogP contribution in [0.4, 0.5) is 24.7 Å². The van der Waals surface area contributed by atoms with Crippen LogP contribution in [0, 0.1) is 5.82 Å². The van der Waals surface area contributed by atoms with Gasteiger partial charge >= 0.3 is 24.0 Å². The van der Waals surface area contributed by atoms with Crippen LogP contribution >= 0.6 is 11.6 Å². The summed E-state index contributed by atoms with van der Waals surface area (Å²) in [5.74, 6) is -0.565. The Morgan fingerprint density at radius 1 is 0.910 bits per heavy atom. The first-order valence-corrected chi connectivity index (χ1v) is 22.7. The van der Waals surface area contributed by atoms with Gasteiger partial charge in [0, 0.05) is 35.6 Å². The Labute approximate surface area is 394 Å². The highest BCUT2D eigenvalue weighted by Gasteiger charge is 2.32. The van der Waals surface area contributed by atoms with Crippen molar-refractivity contribution in [2.75, 3.05) is 11.4 Å². The summed E-state index contributed by atoms with van der Waals surface area (Å²) in [6, 6.07) is 21.5. The largest absolute Gasteiger partial charge is 0.445 e. The van der Waals surface area contributed by atoms with E-state index in [0.717, 1.165) is 23.1 Å². The van der Waals surface area contributed by atoms with Gasteiger partial charge in [0.25, 0.3) is 0 Å². The van der Waals surface area contributed by atoms with E-state index in [1.54, 1.807) is 78.1 Å². The van der Waals surface area contributed by atoms with E-state index in [0.29, 0.717) is 42.5 Å². The molecule has 6 rings (SSSR count). The molecule has 0 aliphatic carbocycles. The first kappa shape index (κ1) is 49.9. The second-order valence-corrected chi connectivity index (χ2v) is 18.8. The lowest BCUT2D eigenvalue weighted by Crippen LogP contribution is -2.44. The summed E-state index contributed by atoms with van der Waals surface area (Å²) in [5, 5.41) is 3.39. The molecule has 2 amide bonds. The smallest absolute Gasteiger partial charge is 0.421 e. The Morgan fingerprint density at radius 3 is 2.30 bits per heavy atom. The predicted molar refractivity (Wildman–Crippen MR) is 255 cm³/mol. The van der Waals surface area contributed by atoms with Crippen LogP contribution < -0.4 is 15.9 Å². The van der Waals surface area contributed by atoms with Crippen molar-refractivity contribution in [2.45, 2.75) is 124 Å². The van der Waals surface area contributed by atoms with E-state index in [1.807, 2.05) is 56.3 Å². The predicted octanol–water partition coefficient (Wildman–Crippen LogP) is 10.9. The van der Waals surface area contributed by atoms with Gasteiger partial charge in [-0.2, -0.15) is 4.98 Å². The van der Waals surface area contributed by atoms with Crippen LogP contribution in [0.5, 0.6) is 0 Å². The second kappa shape index (κ2) is 21.9.